The number of thioether (sulfide) groups is 1. The van der Waals surface area contributed by atoms with Crippen molar-refractivity contribution in [3.8, 4) is 17.2 Å². The molecule has 3 rings (SSSR count). The third-order valence-corrected chi connectivity index (χ3v) is 4.66. The number of nitrogens with zero attached hydrogens (tertiary/aromatic N) is 2. The van der Waals surface area contributed by atoms with Crippen LogP contribution in [0.4, 0.5) is 0 Å². The number of halogens is 1. The zero-order chi connectivity index (χ0) is 18.9. The van der Waals surface area contributed by atoms with E-state index in [4.69, 9.17) is 25.5 Å². The molecule has 142 valence electrons. The van der Waals surface area contributed by atoms with Gasteiger partial charge in [0.05, 0.1) is 19.3 Å². The van der Waals surface area contributed by atoms with E-state index in [0.717, 1.165) is 11.3 Å². The summed E-state index contributed by atoms with van der Waals surface area (Å²) < 4.78 is 16.5. The Labute approximate surface area is 166 Å². The topological polar surface area (TPSA) is 77.6 Å². The Bertz CT molecular complexity index is 814. The van der Waals surface area contributed by atoms with E-state index in [-0.39, 0.29) is 6.61 Å². The van der Waals surface area contributed by atoms with Gasteiger partial charge in [0.15, 0.2) is 0 Å². The van der Waals surface area contributed by atoms with E-state index in [1.54, 1.807) is 24.3 Å². The van der Waals surface area contributed by atoms with Gasteiger partial charge in [-0.3, -0.25) is 0 Å². The van der Waals surface area contributed by atoms with Crippen LogP contribution < -0.4 is 4.74 Å². The molecule has 1 aromatic heterocycles. The van der Waals surface area contributed by atoms with E-state index in [1.807, 2.05) is 30.3 Å². The third kappa shape index (κ3) is 6.55. The molecule has 0 aliphatic rings. The smallest absolute Gasteiger partial charge is 0.276 e. The molecule has 1 heterocycles. The minimum absolute atomic E-state index is 0.205. The van der Waals surface area contributed by atoms with Crippen LogP contribution in [0.15, 0.2) is 64.2 Å². The van der Waals surface area contributed by atoms with E-state index >= 15 is 0 Å². The maximum Gasteiger partial charge on any atom is 0.276 e. The van der Waals surface area contributed by atoms with Gasteiger partial charge < -0.3 is 19.0 Å². The maximum absolute atomic E-state index is 9.99. The summed E-state index contributed by atoms with van der Waals surface area (Å²) in [5.74, 6) is 1.59. The van der Waals surface area contributed by atoms with Gasteiger partial charge in [-0.25, -0.2) is 0 Å². The minimum atomic E-state index is -0.641. The molecule has 1 N–H and O–H groups in total. The van der Waals surface area contributed by atoms with Crippen LogP contribution >= 0.6 is 23.4 Å². The molecule has 0 fully saturated rings. The van der Waals surface area contributed by atoms with Gasteiger partial charge in [0, 0.05) is 16.3 Å². The van der Waals surface area contributed by atoms with Gasteiger partial charge >= 0.3 is 0 Å². The minimum Gasteiger partial charge on any atom is -0.491 e. The summed E-state index contributed by atoms with van der Waals surface area (Å²) >= 11 is 7.10. The second kappa shape index (κ2) is 10.3. The molecule has 3 aromatic rings. The molecule has 0 radical (unpaired) electrons. The van der Waals surface area contributed by atoms with Gasteiger partial charge in [0.2, 0.25) is 5.89 Å². The fourth-order valence-corrected chi connectivity index (χ4v) is 2.94. The highest BCUT2D eigenvalue weighted by molar-refractivity contribution is 7.99. The van der Waals surface area contributed by atoms with Crippen LogP contribution in [0.3, 0.4) is 0 Å². The predicted molar refractivity (Wildman–Crippen MR) is 104 cm³/mol. The normalized spacial score (nSPS) is 12.1. The molecular weight excluding hydrogens is 388 g/mol. The number of aromatic nitrogens is 2. The molecule has 6 nitrogen and oxygen atoms in total. The number of hydrogen-bond donors (Lipinski definition) is 1. The van der Waals surface area contributed by atoms with Gasteiger partial charge in [-0.15, -0.1) is 10.2 Å². The maximum atomic E-state index is 9.99. The number of rotatable bonds is 10. The summed E-state index contributed by atoms with van der Waals surface area (Å²) in [6.07, 6.45) is -0.641. The fourth-order valence-electron chi connectivity index (χ4n) is 2.15. The molecule has 0 bridgehead atoms. The molecule has 0 aliphatic heterocycles. The summed E-state index contributed by atoms with van der Waals surface area (Å²) in [6.45, 7) is 0.977. The van der Waals surface area contributed by atoms with Gasteiger partial charge in [0.1, 0.15) is 12.4 Å². The van der Waals surface area contributed by atoms with E-state index < -0.39 is 6.10 Å². The quantitative estimate of drug-likeness (QED) is 0.403. The molecule has 0 aliphatic carbocycles. The second-order valence-electron chi connectivity index (χ2n) is 5.58. The van der Waals surface area contributed by atoms with Crippen LogP contribution in [0.5, 0.6) is 5.75 Å². The van der Waals surface area contributed by atoms with Crippen molar-refractivity contribution in [1.29, 1.82) is 0 Å². The Morgan fingerprint density at radius 2 is 1.81 bits per heavy atom. The van der Waals surface area contributed by atoms with Gasteiger partial charge in [-0.1, -0.05) is 41.6 Å². The first-order chi connectivity index (χ1) is 13.2. The van der Waals surface area contributed by atoms with Crippen LogP contribution in [-0.2, 0) is 4.74 Å². The Balaban J connectivity index is 1.31. The molecule has 0 amide bonds. The Morgan fingerprint density at radius 3 is 2.59 bits per heavy atom. The zero-order valence-electron chi connectivity index (χ0n) is 14.5. The monoisotopic (exact) mass is 406 g/mol. The lowest BCUT2D eigenvalue weighted by molar-refractivity contribution is 0.0348. The summed E-state index contributed by atoms with van der Waals surface area (Å²) in [4.78, 5) is 0. The Kier molecular flexibility index (Phi) is 7.53. The third-order valence-electron chi connectivity index (χ3n) is 3.45. The molecule has 0 saturated heterocycles. The van der Waals surface area contributed by atoms with Crippen molar-refractivity contribution in [1.82, 2.24) is 10.2 Å². The molecule has 1 atom stereocenters. The number of benzene rings is 2. The first kappa shape index (κ1) is 19.7. The number of aliphatic hydroxyl groups is 1. The predicted octanol–water partition coefficient (Wildman–Crippen LogP) is 3.94. The lowest BCUT2D eigenvalue weighted by atomic mass is 10.2. The molecule has 0 spiro atoms. The molecule has 1 unspecified atom stereocenters. The molecular formula is C19H19ClN2O4S. The van der Waals surface area contributed by atoms with Crippen molar-refractivity contribution < 1.29 is 19.0 Å². The zero-order valence-corrected chi connectivity index (χ0v) is 16.0. The van der Waals surface area contributed by atoms with Gasteiger partial charge in [-0.05, 0) is 36.4 Å². The fraction of sp³-hybridized carbons (Fsp3) is 0.263. The van der Waals surface area contributed by atoms with Crippen LogP contribution in [0.25, 0.3) is 11.5 Å². The van der Waals surface area contributed by atoms with E-state index in [9.17, 15) is 5.11 Å². The van der Waals surface area contributed by atoms with Crippen LogP contribution in [0, 0.1) is 0 Å². The van der Waals surface area contributed by atoms with Crippen molar-refractivity contribution in [3.05, 3.63) is 59.6 Å². The van der Waals surface area contributed by atoms with Crippen molar-refractivity contribution in [2.75, 3.05) is 25.6 Å². The summed E-state index contributed by atoms with van der Waals surface area (Å²) in [6, 6.07) is 16.6. The van der Waals surface area contributed by atoms with Crippen molar-refractivity contribution >= 4 is 23.4 Å². The van der Waals surface area contributed by atoms with E-state index in [2.05, 4.69) is 10.2 Å². The highest BCUT2D eigenvalue weighted by Crippen LogP contribution is 2.23. The van der Waals surface area contributed by atoms with Gasteiger partial charge in [0.25, 0.3) is 5.22 Å². The first-order valence-corrected chi connectivity index (χ1v) is 9.73. The van der Waals surface area contributed by atoms with Crippen LogP contribution in [-0.4, -0.2) is 47.0 Å². The molecule has 0 saturated carbocycles. The average Bonchev–Trinajstić information content (AvgIpc) is 3.17. The highest BCUT2D eigenvalue weighted by atomic mass is 35.5. The molecule has 2 aromatic carbocycles. The lowest BCUT2D eigenvalue weighted by Crippen LogP contribution is -2.20. The first-order valence-electron chi connectivity index (χ1n) is 8.36. The SMILES string of the molecule is OC(COCCOc1ccc(Cl)cc1)CSc1nnc(-c2ccccc2)o1. The van der Waals surface area contributed by atoms with Crippen molar-refractivity contribution in [2.45, 2.75) is 11.3 Å². The summed E-state index contributed by atoms with van der Waals surface area (Å²) in [7, 11) is 0. The van der Waals surface area contributed by atoms with E-state index in [0.29, 0.717) is 35.1 Å². The second-order valence-corrected chi connectivity index (χ2v) is 6.99. The average molecular weight is 407 g/mol. The Hall–Kier alpha value is -2.06. The van der Waals surface area contributed by atoms with Crippen LogP contribution in [0.2, 0.25) is 5.02 Å². The van der Waals surface area contributed by atoms with Gasteiger partial charge in [-0.2, -0.15) is 0 Å². The van der Waals surface area contributed by atoms with Crippen molar-refractivity contribution in [3.63, 3.8) is 0 Å². The number of hydrogen-bond acceptors (Lipinski definition) is 7. The highest BCUT2D eigenvalue weighted by Gasteiger charge is 2.11. The van der Waals surface area contributed by atoms with E-state index in [1.165, 1.54) is 11.8 Å². The standard InChI is InChI=1S/C19H19ClN2O4S/c20-15-6-8-17(9-7-15)25-11-10-24-12-16(23)13-27-19-22-21-18(26-19)14-4-2-1-3-5-14/h1-9,16,23H,10-13H2. The van der Waals surface area contributed by atoms with Crippen LogP contribution in [0.1, 0.15) is 0 Å². The molecule has 27 heavy (non-hydrogen) atoms. The Morgan fingerprint density at radius 1 is 1.04 bits per heavy atom. The number of ether oxygens (including phenoxy) is 2. The largest absolute Gasteiger partial charge is 0.491 e. The lowest BCUT2D eigenvalue weighted by Gasteiger charge is -2.10. The summed E-state index contributed by atoms with van der Waals surface area (Å²) in [5, 5.41) is 19.1. The number of aliphatic hydroxyl groups excluding tert-OH is 1. The van der Waals surface area contributed by atoms with Crippen molar-refractivity contribution in [2.24, 2.45) is 0 Å². The molecule has 8 heteroatoms. The summed E-state index contributed by atoms with van der Waals surface area (Å²) in [5.41, 5.74) is 0.862.